The molecule has 2 N–H and O–H groups in total. The number of methoxy groups -OCH3 is 1. The number of rotatable bonds is 5. The monoisotopic (exact) mass is 396 g/mol. The summed E-state index contributed by atoms with van der Waals surface area (Å²) in [7, 11) is 1.61. The SMILES string of the molecule is COc1cccc(Nc2cc(C(=O)Nc3c(C)cc(C)cc3Cl)nc(C)n2)c1. The Bertz CT molecular complexity index is 1010. The van der Waals surface area contributed by atoms with Gasteiger partial charge >= 0.3 is 0 Å². The van der Waals surface area contributed by atoms with Crippen LogP contribution in [0.3, 0.4) is 0 Å². The molecule has 28 heavy (non-hydrogen) atoms. The summed E-state index contributed by atoms with van der Waals surface area (Å²) >= 11 is 6.29. The first-order valence-electron chi connectivity index (χ1n) is 8.70. The van der Waals surface area contributed by atoms with Crippen molar-refractivity contribution in [2.24, 2.45) is 0 Å². The van der Waals surface area contributed by atoms with Gasteiger partial charge in [0.25, 0.3) is 5.91 Å². The zero-order chi connectivity index (χ0) is 20.3. The van der Waals surface area contributed by atoms with Crippen LogP contribution in [-0.4, -0.2) is 23.0 Å². The summed E-state index contributed by atoms with van der Waals surface area (Å²) in [6.45, 7) is 5.59. The number of benzene rings is 2. The van der Waals surface area contributed by atoms with Gasteiger partial charge in [-0.1, -0.05) is 23.7 Å². The number of carbonyl (C=O) groups excluding carboxylic acids is 1. The second-order valence-electron chi connectivity index (χ2n) is 6.44. The number of nitrogens with one attached hydrogen (secondary N) is 2. The summed E-state index contributed by atoms with van der Waals surface area (Å²) < 4.78 is 5.23. The maximum atomic E-state index is 12.8. The van der Waals surface area contributed by atoms with Crippen LogP contribution in [0.5, 0.6) is 5.75 Å². The van der Waals surface area contributed by atoms with E-state index in [1.54, 1.807) is 20.1 Å². The average Bonchev–Trinajstić information content (AvgIpc) is 2.64. The van der Waals surface area contributed by atoms with Crippen molar-refractivity contribution >= 4 is 34.7 Å². The van der Waals surface area contributed by atoms with Crippen molar-refractivity contribution in [3.05, 3.63) is 70.1 Å². The molecule has 144 valence electrons. The highest BCUT2D eigenvalue weighted by atomic mass is 35.5. The second-order valence-corrected chi connectivity index (χ2v) is 6.84. The molecule has 0 spiro atoms. The lowest BCUT2D eigenvalue weighted by atomic mass is 10.1. The number of amides is 1. The molecule has 0 fully saturated rings. The van der Waals surface area contributed by atoms with Gasteiger partial charge in [-0.15, -0.1) is 0 Å². The summed E-state index contributed by atoms with van der Waals surface area (Å²) in [6.07, 6.45) is 0. The molecular formula is C21H21ClN4O2. The van der Waals surface area contributed by atoms with Gasteiger partial charge < -0.3 is 15.4 Å². The highest BCUT2D eigenvalue weighted by molar-refractivity contribution is 6.34. The second kappa shape index (κ2) is 8.27. The van der Waals surface area contributed by atoms with E-state index in [2.05, 4.69) is 20.6 Å². The number of hydrogen-bond donors (Lipinski definition) is 2. The Morgan fingerprint density at radius 2 is 1.86 bits per heavy atom. The molecule has 0 saturated carbocycles. The Morgan fingerprint density at radius 1 is 1.07 bits per heavy atom. The van der Waals surface area contributed by atoms with Gasteiger partial charge in [0.1, 0.15) is 23.1 Å². The number of aryl methyl sites for hydroxylation is 3. The van der Waals surface area contributed by atoms with Crippen LogP contribution in [0.4, 0.5) is 17.2 Å². The smallest absolute Gasteiger partial charge is 0.274 e. The van der Waals surface area contributed by atoms with E-state index in [9.17, 15) is 4.79 Å². The van der Waals surface area contributed by atoms with E-state index < -0.39 is 0 Å². The highest BCUT2D eigenvalue weighted by Crippen LogP contribution is 2.28. The van der Waals surface area contributed by atoms with Gasteiger partial charge in [-0.2, -0.15) is 0 Å². The fourth-order valence-corrected chi connectivity index (χ4v) is 3.22. The lowest BCUT2D eigenvalue weighted by Crippen LogP contribution is -2.16. The Morgan fingerprint density at radius 3 is 2.57 bits per heavy atom. The predicted octanol–water partition coefficient (Wildman–Crippen LogP) is 5.06. The first kappa shape index (κ1) is 19.6. The summed E-state index contributed by atoms with van der Waals surface area (Å²) in [5, 5.41) is 6.51. The molecular weight excluding hydrogens is 376 g/mol. The molecule has 1 heterocycles. The molecule has 2 aromatic carbocycles. The van der Waals surface area contributed by atoms with E-state index in [-0.39, 0.29) is 11.6 Å². The minimum Gasteiger partial charge on any atom is -0.497 e. The van der Waals surface area contributed by atoms with E-state index in [4.69, 9.17) is 16.3 Å². The van der Waals surface area contributed by atoms with Crippen molar-refractivity contribution in [3.63, 3.8) is 0 Å². The maximum Gasteiger partial charge on any atom is 0.274 e. The molecule has 0 aliphatic heterocycles. The summed E-state index contributed by atoms with van der Waals surface area (Å²) in [5.41, 5.74) is 3.54. The molecule has 0 bridgehead atoms. The minimum absolute atomic E-state index is 0.244. The molecule has 3 aromatic rings. The van der Waals surface area contributed by atoms with Crippen molar-refractivity contribution in [1.29, 1.82) is 0 Å². The number of carbonyl (C=O) groups is 1. The van der Waals surface area contributed by atoms with Crippen LogP contribution in [0, 0.1) is 20.8 Å². The third kappa shape index (κ3) is 4.58. The third-order valence-corrected chi connectivity index (χ3v) is 4.38. The van der Waals surface area contributed by atoms with Crippen molar-refractivity contribution in [2.45, 2.75) is 20.8 Å². The van der Waals surface area contributed by atoms with E-state index in [1.807, 2.05) is 50.2 Å². The van der Waals surface area contributed by atoms with E-state index in [1.165, 1.54) is 0 Å². The van der Waals surface area contributed by atoms with Crippen LogP contribution in [0.25, 0.3) is 0 Å². The standard InChI is InChI=1S/C21H21ClN4O2/c1-12-8-13(2)20(17(22)9-12)26-21(27)18-11-19(24-14(3)23-18)25-15-6-5-7-16(10-15)28-4/h5-11H,1-4H3,(H,26,27)(H,23,24,25). The van der Waals surface area contributed by atoms with Gasteiger partial charge in [-0.05, 0) is 50.1 Å². The zero-order valence-electron chi connectivity index (χ0n) is 16.1. The van der Waals surface area contributed by atoms with Gasteiger partial charge in [0.05, 0.1) is 17.8 Å². The lowest BCUT2D eigenvalue weighted by Gasteiger charge is -2.13. The van der Waals surface area contributed by atoms with Crippen LogP contribution in [-0.2, 0) is 0 Å². The number of aromatic nitrogens is 2. The molecule has 1 aromatic heterocycles. The first-order valence-corrected chi connectivity index (χ1v) is 9.08. The molecule has 0 saturated heterocycles. The Labute approximate surface area is 168 Å². The minimum atomic E-state index is -0.354. The van der Waals surface area contributed by atoms with Gasteiger partial charge in [0, 0.05) is 17.8 Å². The zero-order valence-corrected chi connectivity index (χ0v) is 16.9. The Hall–Kier alpha value is -3.12. The van der Waals surface area contributed by atoms with E-state index in [0.717, 1.165) is 22.6 Å². The van der Waals surface area contributed by atoms with E-state index >= 15 is 0 Å². The van der Waals surface area contributed by atoms with Crippen molar-refractivity contribution in [2.75, 3.05) is 17.7 Å². The normalized spacial score (nSPS) is 10.5. The molecule has 3 rings (SSSR count). The quantitative estimate of drug-likeness (QED) is 0.630. The third-order valence-electron chi connectivity index (χ3n) is 4.08. The van der Waals surface area contributed by atoms with Gasteiger partial charge in [0.15, 0.2) is 0 Å². The van der Waals surface area contributed by atoms with Crippen LogP contribution in [0.1, 0.15) is 27.4 Å². The Balaban J connectivity index is 1.85. The number of halogens is 1. The lowest BCUT2D eigenvalue weighted by molar-refractivity contribution is 0.102. The maximum absolute atomic E-state index is 12.8. The average molecular weight is 397 g/mol. The Kier molecular flexibility index (Phi) is 5.80. The number of nitrogens with zero attached hydrogens (tertiary/aromatic N) is 2. The summed E-state index contributed by atoms with van der Waals surface area (Å²) in [5.74, 6) is 1.36. The summed E-state index contributed by atoms with van der Waals surface area (Å²) in [6, 6.07) is 12.8. The van der Waals surface area contributed by atoms with Crippen LogP contribution < -0.4 is 15.4 Å². The molecule has 0 unspecified atom stereocenters. The molecule has 0 atom stereocenters. The number of hydrogen-bond acceptors (Lipinski definition) is 5. The summed E-state index contributed by atoms with van der Waals surface area (Å²) in [4.78, 5) is 21.4. The molecule has 6 nitrogen and oxygen atoms in total. The highest BCUT2D eigenvalue weighted by Gasteiger charge is 2.14. The van der Waals surface area contributed by atoms with Crippen LogP contribution in [0.15, 0.2) is 42.5 Å². The van der Waals surface area contributed by atoms with Gasteiger partial charge in [-0.3, -0.25) is 4.79 Å². The topological polar surface area (TPSA) is 76.1 Å². The van der Waals surface area contributed by atoms with Crippen molar-refractivity contribution in [1.82, 2.24) is 9.97 Å². The molecule has 0 aliphatic carbocycles. The number of ether oxygens (including phenoxy) is 1. The predicted molar refractivity (Wildman–Crippen MR) is 112 cm³/mol. The molecule has 0 radical (unpaired) electrons. The number of anilines is 3. The molecule has 0 aliphatic rings. The van der Waals surface area contributed by atoms with E-state index in [0.29, 0.717) is 22.4 Å². The molecule has 1 amide bonds. The molecule has 7 heteroatoms. The van der Waals surface area contributed by atoms with Crippen LogP contribution >= 0.6 is 11.6 Å². The van der Waals surface area contributed by atoms with Crippen LogP contribution in [0.2, 0.25) is 5.02 Å². The largest absolute Gasteiger partial charge is 0.497 e. The fourth-order valence-electron chi connectivity index (χ4n) is 2.85. The van der Waals surface area contributed by atoms with Gasteiger partial charge in [-0.25, -0.2) is 9.97 Å². The first-order chi connectivity index (χ1) is 13.4. The fraction of sp³-hybridized carbons (Fsp3) is 0.190. The van der Waals surface area contributed by atoms with Crippen molar-refractivity contribution < 1.29 is 9.53 Å². The van der Waals surface area contributed by atoms with Crippen molar-refractivity contribution in [3.8, 4) is 5.75 Å². The van der Waals surface area contributed by atoms with Gasteiger partial charge in [0.2, 0.25) is 0 Å².